The molecule has 1 aliphatic heterocycles. The van der Waals surface area contributed by atoms with Gasteiger partial charge in [0.15, 0.2) is 0 Å². The largest absolute Gasteiger partial charge is 0.497 e. The first-order valence-electron chi connectivity index (χ1n) is 7.37. The van der Waals surface area contributed by atoms with Gasteiger partial charge >= 0.3 is 0 Å². The van der Waals surface area contributed by atoms with Gasteiger partial charge in [0.2, 0.25) is 0 Å². The van der Waals surface area contributed by atoms with Crippen molar-refractivity contribution in [1.29, 1.82) is 0 Å². The number of nitrogens with zero attached hydrogens (tertiary/aromatic N) is 1. The van der Waals surface area contributed by atoms with Crippen LogP contribution < -0.4 is 15.0 Å². The molecule has 1 aromatic carbocycles. The van der Waals surface area contributed by atoms with E-state index in [1.54, 1.807) is 7.11 Å². The second kappa shape index (κ2) is 6.29. The molecule has 1 saturated heterocycles. The molecule has 0 atom stereocenters. The fourth-order valence-corrected chi connectivity index (χ4v) is 2.87. The molecule has 0 saturated carbocycles. The SMILES string of the molecule is CCC1(CC)CN(c2cccc(OC)c2)CCCN1. The van der Waals surface area contributed by atoms with Gasteiger partial charge in [0.25, 0.3) is 0 Å². The number of nitrogens with one attached hydrogen (secondary N) is 1. The van der Waals surface area contributed by atoms with Crippen LogP contribution in [0, 0.1) is 0 Å². The topological polar surface area (TPSA) is 24.5 Å². The van der Waals surface area contributed by atoms with Gasteiger partial charge in [-0.2, -0.15) is 0 Å². The minimum absolute atomic E-state index is 0.250. The summed E-state index contributed by atoms with van der Waals surface area (Å²) in [5, 5.41) is 3.75. The Morgan fingerprint density at radius 1 is 1.32 bits per heavy atom. The number of anilines is 1. The van der Waals surface area contributed by atoms with E-state index in [2.05, 4.69) is 42.3 Å². The maximum absolute atomic E-state index is 5.34. The highest BCUT2D eigenvalue weighted by atomic mass is 16.5. The van der Waals surface area contributed by atoms with Crippen molar-refractivity contribution < 1.29 is 4.74 Å². The molecule has 3 nitrogen and oxygen atoms in total. The van der Waals surface area contributed by atoms with Crippen LogP contribution in [0.1, 0.15) is 33.1 Å². The molecule has 0 aromatic heterocycles. The summed E-state index contributed by atoms with van der Waals surface area (Å²) in [6.07, 6.45) is 3.53. The summed E-state index contributed by atoms with van der Waals surface area (Å²) in [5.74, 6) is 0.938. The number of methoxy groups -OCH3 is 1. The predicted molar refractivity (Wildman–Crippen MR) is 81.1 cm³/mol. The van der Waals surface area contributed by atoms with Crippen LogP contribution in [0.2, 0.25) is 0 Å². The highest BCUT2D eigenvalue weighted by molar-refractivity contribution is 5.51. The van der Waals surface area contributed by atoms with Gasteiger partial charge in [0.1, 0.15) is 5.75 Å². The highest BCUT2D eigenvalue weighted by Gasteiger charge is 2.30. The van der Waals surface area contributed by atoms with Crippen LogP contribution in [-0.4, -0.2) is 32.3 Å². The fourth-order valence-electron chi connectivity index (χ4n) is 2.87. The minimum atomic E-state index is 0.250. The van der Waals surface area contributed by atoms with Gasteiger partial charge in [-0.3, -0.25) is 0 Å². The molecule has 2 rings (SSSR count). The molecule has 19 heavy (non-hydrogen) atoms. The lowest BCUT2D eigenvalue weighted by atomic mass is 9.92. The van der Waals surface area contributed by atoms with E-state index in [0.29, 0.717) is 0 Å². The Balaban J connectivity index is 2.21. The van der Waals surface area contributed by atoms with Crippen molar-refractivity contribution in [1.82, 2.24) is 5.32 Å². The summed E-state index contributed by atoms with van der Waals surface area (Å²) in [7, 11) is 1.73. The van der Waals surface area contributed by atoms with Crippen LogP contribution in [0.5, 0.6) is 5.75 Å². The van der Waals surface area contributed by atoms with Crippen molar-refractivity contribution in [2.24, 2.45) is 0 Å². The predicted octanol–water partition coefficient (Wildman–Crippen LogP) is 3.05. The lowest BCUT2D eigenvalue weighted by Gasteiger charge is -2.36. The zero-order valence-electron chi connectivity index (χ0n) is 12.4. The number of benzene rings is 1. The van der Waals surface area contributed by atoms with Crippen molar-refractivity contribution in [3.63, 3.8) is 0 Å². The van der Waals surface area contributed by atoms with E-state index >= 15 is 0 Å². The molecular weight excluding hydrogens is 236 g/mol. The minimum Gasteiger partial charge on any atom is -0.497 e. The molecule has 0 aliphatic carbocycles. The molecular formula is C16H26N2O. The molecule has 1 N–H and O–H groups in total. The summed E-state index contributed by atoms with van der Waals surface area (Å²) in [4.78, 5) is 2.50. The van der Waals surface area contributed by atoms with Crippen LogP contribution >= 0.6 is 0 Å². The smallest absolute Gasteiger partial charge is 0.120 e. The normalized spacial score (nSPS) is 19.0. The summed E-state index contributed by atoms with van der Waals surface area (Å²) in [5.41, 5.74) is 1.52. The Hall–Kier alpha value is -1.22. The Labute approximate surface area is 116 Å². The lowest BCUT2D eigenvalue weighted by Crippen LogP contribution is -2.50. The van der Waals surface area contributed by atoms with Crippen LogP contribution in [-0.2, 0) is 0 Å². The average molecular weight is 262 g/mol. The molecule has 1 aliphatic rings. The van der Waals surface area contributed by atoms with Crippen LogP contribution in [0.3, 0.4) is 0 Å². The molecule has 0 radical (unpaired) electrons. The second-order valence-corrected chi connectivity index (χ2v) is 5.39. The van der Waals surface area contributed by atoms with E-state index in [1.807, 2.05) is 6.07 Å². The Morgan fingerprint density at radius 2 is 2.11 bits per heavy atom. The van der Waals surface area contributed by atoms with E-state index in [-0.39, 0.29) is 5.54 Å². The van der Waals surface area contributed by atoms with E-state index < -0.39 is 0 Å². The van der Waals surface area contributed by atoms with Crippen molar-refractivity contribution in [2.45, 2.75) is 38.6 Å². The Bertz CT molecular complexity index is 401. The first-order valence-corrected chi connectivity index (χ1v) is 7.37. The molecule has 1 heterocycles. The van der Waals surface area contributed by atoms with Crippen molar-refractivity contribution in [3.8, 4) is 5.75 Å². The summed E-state index contributed by atoms with van der Waals surface area (Å²) in [6.45, 7) is 7.87. The van der Waals surface area contributed by atoms with Crippen molar-refractivity contribution in [2.75, 3.05) is 31.6 Å². The van der Waals surface area contributed by atoms with Gasteiger partial charge in [0, 0.05) is 30.4 Å². The molecule has 106 valence electrons. The Morgan fingerprint density at radius 3 is 2.79 bits per heavy atom. The second-order valence-electron chi connectivity index (χ2n) is 5.39. The molecule has 3 heteroatoms. The first-order chi connectivity index (χ1) is 9.23. The van der Waals surface area contributed by atoms with Crippen LogP contribution in [0.4, 0.5) is 5.69 Å². The summed E-state index contributed by atoms with van der Waals surface area (Å²) in [6, 6.07) is 8.41. The molecule has 1 aromatic rings. The van der Waals surface area contributed by atoms with E-state index in [9.17, 15) is 0 Å². The van der Waals surface area contributed by atoms with Crippen molar-refractivity contribution in [3.05, 3.63) is 24.3 Å². The molecule has 0 unspecified atom stereocenters. The van der Waals surface area contributed by atoms with Gasteiger partial charge in [-0.15, -0.1) is 0 Å². The zero-order valence-corrected chi connectivity index (χ0v) is 12.4. The third-order valence-electron chi connectivity index (χ3n) is 4.37. The maximum atomic E-state index is 5.34. The number of hydrogen-bond donors (Lipinski definition) is 1. The number of rotatable bonds is 4. The van der Waals surface area contributed by atoms with Gasteiger partial charge in [-0.05, 0) is 37.9 Å². The van der Waals surface area contributed by atoms with Gasteiger partial charge in [-0.25, -0.2) is 0 Å². The van der Waals surface area contributed by atoms with E-state index in [4.69, 9.17) is 4.74 Å². The zero-order chi connectivity index (χ0) is 13.7. The van der Waals surface area contributed by atoms with E-state index in [1.165, 1.54) is 24.9 Å². The van der Waals surface area contributed by atoms with Gasteiger partial charge in [0.05, 0.1) is 7.11 Å². The average Bonchev–Trinajstić information content (AvgIpc) is 2.70. The summed E-state index contributed by atoms with van der Waals surface area (Å²) < 4.78 is 5.34. The number of ether oxygens (including phenoxy) is 1. The van der Waals surface area contributed by atoms with Gasteiger partial charge in [-0.1, -0.05) is 19.9 Å². The molecule has 1 fully saturated rings. The highest BCUT2D eigenvalue weighted by Crippen LogP contribution is 2.26. The fraction of sp³-hybridized carbons (Fsp3) is 0.625. The monoisotopic (exact) mass is 262 g/mol. The standard InChI is InChI=1S/C16H26N2O/c1-4-16(5-2)13-18(11-7-10-17-16)14-8-6-9-15(12-14)19-3/h6,8-9,12,17H,4-5,7,10-11,13H2,1-3H3. The van der Waals surface area contributed by atoms with Crippen LogP contribution in [0.15, 0.2) is 24.3 Å². The van der Waals surface area contributed by atoms with Crippen molar-refractivity contribution >= 4 is 5.69 Å². The lowest BCUT2D eigenvalue weighted by molar-refractivity contribution is 0.321. The van der Waals surface area contributed by atoms with Gasteiger partial charge < -0.3 is 15.0 Å². The molecule has 0 amide bonds. The third kappa shape index (κ3) is 3.21. The molecule has 0 spiro atoms. The number of hydrogen-bond acceptors (Lipinski definition) is 3. The first kappa shape index (κ1) is 14.2. The Kier molecular flexibility index (Phi) is 4.70. The quantitative estimate of drug-likeness (QED) is 0.902. The molecule has 0 bridgehead atoms. The van der Waals surface area contributed by atoms with E-state index in [0.717, 1.165) is 25.4 Å². The maximum Gasteiger partial charge on any atom is 0.120 e. The third-order valence-corrected chi connectivity index (χ3v) is 4.37. The van der Waals surface area contributed by atoms with Crippen LogP contribution in [0.25, 0.3) is 0 Å². The summed E-state index contributed by atoms with van der Waals surface area (Å²) >= 11 is 0.